The number of carbonyl (C=O) groups is 1. The molecule has 0 radical (unpaired) electrons. The van der Waals surface area contributed by atoms with Gasteiger partial charge in [0.25, 0.3) is 5.91 Å². The Balaban J connectivity index is 1.53. The minimum atomic E-state index is -0.0597. The molecule has 0 unspecified atom stereocenters. The Morgan fingerprint density at radius 3 is 2.86 bits per heavy atom. The molecule has 0 aliphatic carbocycles. The van der Waals surface area contributed by atoms with Crippen LogP contribution in [0.3, 0.4) is 0 Å². The van der Waals surface area contributed by atoms with E-state index in [1.54, 1.807) is 0 Å². The molecule has 5 nitrogen and oxygen atoms in total. The number of amides is 1. The van der Waals surface area contributed by atoms with Gasteiger partial charge in [-0.05, 0) is 51.9 Å². The fourth-order valence-corrected chi connectivity index (χ4v) is 3.56. The van der Waals surface area contributed by atoms with Crippen LogP contribution >= 0.6 is 11.3 Å². The van der Waals surface area contributed by atoms with Crippen LogP contribution in [0.2, 0.25) is 0 Å². The predicted molar refractivity (Wildman–Crippen MR) is 91.3 cm³/mol. The Labute approximate surface area is 137 Å². The zero-order valence-electron chi connectivity index (χ0n) is 13.4. The summed E-state index contributed by atoms with van der Waals surface area (Å²) in [6, 6.07) is 0. The van der Waals surface area contributed by atoms with E-state index in [1.807, 2.05) is 5.38 Å². The van der Waals surface area contributed by atoms with Gasteiger partial charge in [-0.3, -0.25) is 4.79 Å². The Morgan fingerprint density at radius 2 is 2.09 bits per heavy atom. The van der Waals surface area contributed by atoms with Gasteiger partial charge in [0, 0.05) is 18.3 Å². The molecule has 1 aromatic heterocycles. The summed E-state index contributed by atoms with van der Waals surface area (Å²) in [5.74, 6) is -0.0597. The molecular weight excluding hydrogens is 296 g/mol. The second-order valence-corrected chi connectivity index (χ2v) is 6.83. The monoisotopic (exact) mass is 324 g/mol. The molecule has 1 saturated heterocycles. The van der Waals surface area contributed by atoms with Gasteiger partial charge in [0.05, 0.1) is 5.01 Å². The van der Waals surface area contributed by atoms with E-state index in [9.17, 15) is 4.79 Å². The number of nitrogens with zero attached hydrogens (tertiary/aromatic N) is 2. The highest BCUT2D eigenvalue weighted by Crippen LogP contribution is 2.11. The number of hydrogen-bond acceptors (Lipinski definition) is 5. The molecule has 2 heterocycles. The molecular formula is C16H28N4OS. The number of nitrogens with two attached hydrogens (primary N) is 1. The molecule has 2 rings (SSSR count). The van der Waals surface area contributed by atoms with Crippen LogP contribution in [-0.4, -0.2) is 48.5 Å². The van der Waals surface area contributed by atoms with Crippen LogP contribution in [0.1, 0.15) is 54.0 Å². The second kappa shape index (κ2) is 9.92. The maximum Gasteiger partial charge on any atom is 0.270 e. The number of carbonyl (C=O) groups excluding carboxylic acids is 1. The fraction of sp³-hybridized carbons (Fsp3) is 0.750. The Bertz CT molecular complexity index is 443. The van der Waals surface area contributed by atoms with Crippen molar-refractivity contribution in [1.29, 1.82) is 0 Å². The highest BCUT2D eigenvalue weighted by atomic mass is 32.1. The molecule has 0 spiro atoms. The average molecular weight is 324 g/mol. The van der Waals surface area contributed by atoms with E-state index in [0.717, 1.165) is 24.4 Å². The molecule has 124 valence electrons. The first-order chi connectivity index (χ1) is 10.8. The summed E-state index contributed by atoms with van der Waals surface area (Å²) >= 11 is 1.51. The number of hydrogen-bond donors (Lipinski definition) is 2. The number of piperidine rings is 1. The highest BCUT2D eigenvalue weighted by Gasteiger charge is 2.10. The molecule has 1 fully saturated rings. The molecule has 6 heteroatoms. The summed E-state index contributed by atoms with van der Waals surface area (Å²) in [6.45, 7) is 5.06. The van der Waals surface area contributed by atoms with E-state index in [0.29, 0.717) is 12.2 Å². The van der Waals surface area contributed by atoms with E-state index >= 15 is 0 Å². The van der Waals surface area contributed by atoms with Gasteiger partial charge in [-0.1, -0.05) is 12.8 Å². The van der Waals surface area contributed by atoms with Gasteiger partial charge in [-0.15, -0.1) is 11.3 Å². The summed E-state index contributed by atoms with van der Waals surface area (Å²) in [5, 5.41) is 5.71. The molecule has 22 heavy (non-hydrogen) atoms. The molecule has 3 N–H and O–H groups in total. The maximum absolute atomic E-state index is 11.9. The molecule has 1 aliphatic heterocycles. The summed E-state index contributed by atoms with van der Waals surface area (Å²) < 4.78 is 0. The first-order valence-electron chi connectivity index (χ1n) is 8.44. The van der Waals surface area contributed by atoms with Gasteiger partial charge in [0.1, 0.15) is 5.69 Å². The minimum Gasteiger partial charge on any atom is -0.351 e. The summed E-state index contributed by atoms with van der Waals surface area (Å²) in [6.07, 6.45) is 8.30. The Kier molecular flexibility index (Phi) is 7.83. The number of rotatable bonds is 9. The zero-order chi connectivity index (χ0) is 15.6. The number of unbranched alkanes of at least 4 members (excludes halogenated alkanes) is 2. The molecule has 0 saturated carbocycles. The summed E-state index contributed by atoms with van der Waals surface area (Å²) in [5.41, 5.74) is 6.02. The van der Waals surface area contributed by atoms with Crippen molar-refractivity contribution in [3.05, 3.63) is 16.1 Å². The first-order valence-corrected chi connectivity index (χ1v) is 9.32. The molecule has 0 bridgehead atoms. The van der Waals surface area contributed by atoms with Crippen molar-refractivity contribution in [3.8, 4) is 0 Å². The summed E-state index contributed by atoms with van der Waals surface area (Å²) in [7, 11) is 0. The van der Waals surface area contributed by atoms with Gasteiger partial charge in [0.15, 0.2) is 0 Å². The van der Waals surface area contributed by atoms with Gasteiger partial charge in [-0.2, -0.15) is 0 Å². The van der Waals surface area contributed by atoms with Crippen LogP contribution in [0.25, 0.3) is 0 Å². The van der Waals surface area contributed by atoms with Crippen molar-refractivity contribution in [1.82, 2.24) is 15.2 Å². The lowest BCUT2D eigenvalue weighted by molar-refractivity contribution is 0.0948. The lowest BCUT2D eigenvalue weighted by atomic mass is 10.1. The summed E-state index contributed by atoms with van der Waals surface area (Å²) in [4.78, 5) is 18.8. The van der Waals surface area contributed by atoms with E-state index in [2.05, 4.69) is 15.2 Å². The molecule has 1 amide bonds. The van der Waals surface area contributed by atoms with Crippen LogP contribution in [0, 0.1) is 0 Å². The predicted octanol–water partition coefficient (Wildman–Crippen LogP) is 2.03. The minimum absolute atomic E-state index is 0.0597. The number of aromatic nitrogens is 1. The third-order valence-corrected chi connectivity index (χ3v) is 4.94. The quantitative estimate of drug-likeness (QED) is 0.682. The third-order valence-electron chi connectivity index (χ3n) is 4.03. The smallest absolute Gasteiger partial charge is 0.270 e. The number of thiazole rings is 1. The van der Waals surface area contributed by atoms with E-state index < -0.39 is 0 Å². The maximum atomic E-state index is 11.9. The molecule has 1 aromatic rings. The van der Waals surface area contributed by atoms with Crippen LogP contribution < -0.4 is 11.1 Å². The zero-order valence-corrected chi connectivity index (χ0v) is 14.2. The largest absolute Gasteiger partial charge is 0.351 e. The molecule has 0 atom stereocenters. The second-order valence-electron chi connectivity index (χ2n) is 5.88. The van der Waals surface area contributed by atoms with Crippen LogP contribution in [0.4, 0.5) is 0 Å². The van der Waals surface area contributed by atoms with Crippen molar-refractivity contribution in [2.75, 3.05) is 32.7 Å². The number of likely N-dealkylation sites (tertiary alicyclic amines) is 1. The SMILES string of the molecule is NCCc1nc(C(=O)NCCCCCN2CCCCC2)cs1. The normalized spacial score (nSPS) is 15.9. The van der Waals surface area contributed by atoms with Gasteiger partial charge in [-0.25, -0.2) is 4.98 Å². The first kappa shape index (κ1) is 17.4. The van der Waals surface area contributed by atoms with Gasteiger partial charge in [0.2, 0.25) is 0 Å². The van der Waals surface area contributed by atoms with Crippen molar-refractivity contribution in [2.24, 2.45) is 5.73 Å². The van der Waals surface area contributed by atoms with Crippen LogP contribution in [-0.2, 0) is 6.42 Å². The Morgan fingerprint density at radius 1 is 1.27 bits per heavy atom. The van der Waals surface area contributed by atoms with Crippen molar-refractivity contribution in [2.45, 2.75) is 44.9 Å². The van der Waals surface area contributed by atoms with Gasteiger partial charge < -0.3 is 16.0 Å². The fourth-order valence-electron chi connectivity index (χ4n) is 2.77. The van der Waals surface area contributed by atoms with Crippen LogP contribution in [0.5, 0.6) is 0 Å². The topological polar surface area (TPSA) is 71.2 Å². The highest BCUT2D eigenvalue weighted by molar-refractivity contribution is 7.09. The molecule has 1 aliphatic rings. The molecule has 0 aromatic carbocycles. The third kappa shape index (κ3) is 6.02. The van der Waals surface area contributed by atoms with E-state index in [4.69, 9.17) is 5.73 Å². The lowest BCUT2D eigenvalue weighted by Crippen LogP contribution is -2.30. The lowest BCUT2D eigenvalue weighted by Gasteiger charge is -2.26. The van der Waals surface area contributed by atoms with E-state index in [1.165, 1.54) is 63.1 Å². The standard InChI is InChI=1S/C16H28N4OS/c17-8-7-15-19-14(13-22-15)16(21)18-9-3-1-4-10-20-11-5-2-6-12-20/h13H,1-12,17H2,(H,18,21). The average Bonchev–Trinajstić information content (AvgIpc) is 3.01. The van der Waals surface area contributed by atoms with Crippen molar-refractivity contribution in [3.63, 3.8) is 0 Å². The van der Waals surface area contributed by atoms with Crippen LogP contribution in [0.15, 0.2) is 5.38 Å². The Hall–Kier alpha value is -0.980. The number of nitrogens with one attached hydrogen (secondary N) is 1. The van der Waals surface area contributed by atoms with Gasteiger partial charge >= 0.3 is 0 Å². The van der Waals surface area contributed by atoms with Crippen molar-refractivity contribution < 1.29 is 4.79 Å². The van der Waals surface area contributed by atoms with Crippen molar-refractivity contribution >= 4 is 17.2 Å². The van der Waals surface area contributed by atoms with E-state index in [-0.39, 0.29) is 5.91 Å².